The van der Waals surface area contributed by atoms with E-state index in [0.29, 0.717) is 5.00 Å². The van der Waals surface area contributed by atoms with E-state index in [4.69, 9.17) is 15.2 Å². The van der Waals surface area contributed by atoms with Gasteiger partial charge in [-0.1, -0.05) is 0 Å². The van der Waals surface area contributed by atoms with Crippen LogP contribution in [0.15, 0.2) is 17.5 Å². The number of nitrogens with two attached hydrogens (primary N) is 1. The van der Waals surface area contributed by atoms with Crippen LogP contribution >= 0.6 is 11.3 Å². The molecule has 9 heteroatoms. The summed E-state index contributed by atoms with van der Waals surface area (Å²) in [5.41, 5.74) is 5.50. The molecule has 0 atom stereocenters. The lowest BCUT2D eigenvalue weighted by Gasteiger charge is -2.07. The van der Waals surface area contributed by atoms with Gasteiger partial charge in [0.25, 0.3) is 11.8 Å². The molecule has 110 valence electrons. The summed E-state index contributed by atoms with van der Waals surface area (Å²) in [6.45, 7) is 0. The van der Waals surface area contributed by atoms with E-state index in [1.807, 2.05) is 0 Å². The predicted molar refractivity (Wildman–Crippen MR) is 75.9 cm³/mol. The molecule has 2 aromatic heterocycles. The van der Waals surface area contributed by atoms with E-state index in [0.717, 1.165) is 0 Å². The van der Waals surface area contributed by atoms with E-state index in [2.05, 4.69) is 15.3 Å². The van der Waals surface area contributed by atoms with Crippen LogP contribution in [0.4, 0.5) is 5.00 Å². The van der Waals surface area contributed by atoms with Gasteiger partial charge < -0.3 is 20.5 Å². The third-order valence-electron chi connectivity index (χ3n) is 2.46. The topological polar surface area (TPSA) is 116 Å². The Morgan fingerprint density at radius 2 is 2.05 bits per heavy atom. The number of primary amides is 1. The van der Waals surface area contributed by atoms with Crippen LogP contribution in [0.3, 0.4) is 0 Å². The van der Waals surface area contributed by atoms with Crippen molar-refractivity contribution in [3.8, 4) is 11.9 Å². The van der Waals surface area contributed by atoms with E-state index >= 15 is 0 Å². The highest BCUT2D eigenvalue weighted by atomic mass is 32.1. The van der Waals surface area contributed by atoms with Crippen molar-refractivity contribution in [2.45, 2.75) is 0 Å². The zero-order valence-corrected chi connectivity index (χ0v) is 12.1. The van der Waals surface area contributed by atoms with Crippen LogP contribution in [0.5, 0.6) is 11.9 Å². The Labute approximate surface area is 123 Å². The van der Waals surface area contributed by atoms with Crippen molar-refractivity contribution < 1.29 is 19.1 Å². The molecule has 2 amide bonds. The lowest BCUT2D eigenvalue weighted by molar-refractivity contribution is 0.100. The van der Waals surface area contributed by atoms with E-state index in [1.165, 1.54) is 37.7 Å². The molecule has 0 spiro atoms. The Balaban J connectivity index is 2.28. The summed E-state index contributed by atoms with van der Waals surface area (Å²) in [4.78, 5) is 31.2. The Kier molecular flexibility index (Phi) is 4.33. The standard InChI is InChI=1S/C12H12N4O4S/c1-19-8-5-7(14-12(15-8)20-2)10(18)16-11-6(9(13)17)3-4-21-11/h3-5H,1-2H3,(H2,13,17)(H,16,18). The molecule has 0 saturated heterocycles. The van der Waals surface area contributed by atoms with E-state index in [-0.39, 0.29) is 23.1 Å². The number of nitrogens with one attached hydrogen (secondary N) is 1. The van der Waals surface area contributed by atoms with Crippen LogP contribution in [0.1, 0.15) is 20.8 Å². The van der Waals surface area contributed by atoms with Crippen molar-refractivity contribution in [3.05, 3.63) is 28.8 Å². The minimum absolute atomic E-state index is 0.000745. The number of rotatable bonds is 5. The van der Waals surface area contributed by atoms with Crippen LogP contribution in [-0.2, 0) is 0 Å². The van der Waals surface area contributed by atoms with Gasteiger partial charge in [0.1, 0.15) is 10.7 Å². The molecule has 0 saturated carbocycles. The highest BCUT2D eigenvalue weighted by molar-refractivity contribution is 7.14. The third kappa shape index (κ3) is 3.26. The zero-order valence-electron chi connectivity index (χ0n) is 11.2. The van der Waals surface area contributed by atoms with Gasteiger partial charge in [-0.25, -0.2) is 0 Å². The van der Waals surface area contributed by atoms with Gasteiger partial charge in [0.15, 0.2) is 0 Å². The number of aromatic nitrogens is 2. The Morgan fingerprint density at radius 3 is 2.67 bits per heavy atom. The average molecular weight is 308 g/mol. The maximum Gasteiger partial charge on any atom is 0.320 e. The minimum atomic E-state index is -0.621. The van der Waals surface area contributed by atoms with Crippen LogP contribution in [0.25, 0.3) is 0 Å². The smallest absolute Gasteiger partial charge is 0.320 e. The maximum atomic E-state index is 12.2. The summed E-state index contributed by atoms with van der Waals surface area (Å²) in [5, 5.41) is 4.57. The second-order valence-corrected chi connectivity index (χ2v) is 4.68. The Morgan fingerprint density at radius 1 is 1.29 bits per heavy atom. The summed E-state index contributed by atoms with van der Waals surface area (Å²) >= 11 is 1.18. The van der Waals surface area contributed by atoms with Crippen molar-refractivity contribution in [1.82, 2.24) is 9.97 Å². The number of amides is 2. The van der Waals surface area contributed by atoms with E-state index < -0.39 is 11.8 Å². The lowest BCUT2D eigenvalue weighted by atomic mass is 10.3. The van der Waals surface area contributed by atoms with Crippen molar-refractivity contribution >= 4 is 28.2 Å². The molecule has 0 aliphatic carbocycles. The quantitative estimate of drug-likeness (QED) is 0.848. The van der Waals surface area contributed by atoms with Crippen molar-refractivity contribution in [3.63, 3.8) is 0 Å². The first-order valence-corrected chi connectivity index (χ1v) is 6.58. The summed E-state index contributed by atoms with van der Waals surface area (Å²) < 4.78 is 9.85. The number of hydrogen-bond donors (Lipinski definition) is 2. The summed E-state index contributed by atoms with van der Waals surface area (Å²) in [6, 6.07) is 2.89. The molecule has 2 heterocycles. The molecule has 0 fully saturated rings. The maximum absolute atomic E-state index is 12.2. The number of nitrogens with zero attached hydrogens (tertiary/aromatic N) is 2. The molecule has 21 heavy (non-hydrogen) atoms. The molecule has 2 aromatic rings. The first-order valence-electron chi connectivity index (χ1n) is 5.71. The van der Waals surface area contributed by atoms with Gasteiger partial charge in [-0.2, -0.15) is 9.97 Å². The van der Waals surface area contributed by atoms with E-state index in [9.17, 15) is 9.59 Å². The number of thiophene rings is 1. The van der Waals surface area contributed by atoms with Crippen LogP contribution < -0.4 is 20.5 Å². The molecule has 0 unspecified atom stereocenters. The normalized spacial score (nSPS) is 10.0. The third-order valence-corrected chi connectivity index (χ3v) is 3.29. The highest BCUT2D eigenvalue weighted by Gasteiger charge is 2.17. The van der Waals surface area contributed by atoms with Gasteiger partial charge in [0, 0.05) is 6.07 Å². The largest absolute Gasteiger partial charge is 0.481 e. The van der Waals surface area contributed by atoms with E-state index in [1.54, 1.807) is 5.38 Å². The second-order valence-electron chi connectivity index (χ2n) is 3.76. The number of methoxy groups -OCH3 is 2. The highest BCUT2D eigenvalue weighted by Crippen LogP contribution is 2.23. The lowest BCUT2D eigenvalue weighted by Crippen LogP contribution is -2.18. The summed E-state index contributed by atoms with van der Waals surface area (Å²) in [5.74, 6) is -0.961. The average Bonchev–Trinajstić information content (AvgIpc) is 2.94. The van der Waals surface area contributed by atoms with Crippen molar-refractivity contribution in [2.75, 3.05) is 19.5 Å². The van der Waals surface area contributed by atoms with Crippen LogP contribution in [0, 0.1) is 0 Å². The van der Waals surface area contributed by atoms with Gasteiger partial charge in [-0.05, 0) is 11.4 Å². The Bertz CT molecular complexity index is 663. The zero-order chi connectivity index (χ0) is 15.4. The number of hydrogen-bond acceptors (Lipinski definition) is 7. The molecule has 0 aliphatic heterocycles. The van der Waals surface area contributed by atoms with Gasteiger partial charge in [-0.15, -0.1) is 11.3 Å². The first kappa shape index (κ1) is 14.7. The molecule has 0 radical (unpaired) electrons. The van der Waals surface area contributed by atoms with Crippen molar-refractivity contribution in [1.29, 1.82) is 0 Å². The monoisotopic (exact) mass is 308 g/mol. The molecule has 2 rings (SSSR count). The number of carbonyl (C=O) groups excluding carboxylic acids is 2. The molecule has 0 bridgehead atoms. The molecule has 0 aromatic carbocycles. The fourth-order valence-electron chi connectivity index (χ4n) is 1.48. The predicted octanol–water partition coefficient (Wildman–Crippen LogP) is 0.907. The molecule has 8 nitrogen and oxygen atoms in total. The number of ether oxygens (including phenoxy) is 2. The molecule has 0 aliphatic rings. The second kappa shape index (κ2) is 6.18. The van der Waals surface area contributed by atoms with Gasteiger partial charge in [-0.3, -0.25) is 9.59 Å². The van der Waals surface area contributed by atoms with Crippen molar-refractivity contribution in [2.24, 2.45) is 5.73 Å². The van der Waals surface area contributed by atoms with Gasteiger partial charge in [0.05, 0.1) is 19.8 Å². The SMILES string of the molecule is COc1cc(C(=O)Nc2sccc2C(N)=O)nc(OC)n1. The summed E-state index contributed by atoms with van der Waals surface area (Å²) in [7, 11) is 2.79. The van der Waals surface area contributed by atoms with Gasteiger partial charge in [0.2, 0.25) is 5.88 Å². The number of anilines is 1. The fourth-order valence-corrected chi connectivity index (χ4v) is 2.27. The van der Waals surface area contributed by atoms with Crippen LogP contribution in [0.2, 0.25) is 0 Å². The van der Waals surface area contributed by atoms with Gasteiger partial charge >= 0.3 is 6.01 Å². The first-order chi connectivity index (χ1) is 10.0. The number of carbonyl (C=O) groups is 2. The molecular formula is C12H12N4O4S. The Hall–Kier alpha value is -2.68. The van der Waals surface area contributed by atoms with Crippen LogP contribution in [-0.4, -0.2) is 36.0 Å². The minimum Gasteiger partial charge on any atom is -0.481 e. The molecule has 3 N–H and O–H groups in total. The summed E-state index contributed by atoms with van der Waals surface area (Å²) in [6.07, 6.45) is 0. The molecular weight excluding hydrogens is 296 g/mol. The fraction of sp³-hybridized carbons (Fsp3) is 0.167.